The second kappa shape index (κ2) is 9.61. The number of hydrogen-bond acceptors (Lipinski definition) is 4. The molecule has 26 heavy (non-hydrogen) atoms. The third kappa shape index (κ3) is 5.89. The summed E-state index contributed by atoms with van der Waals surface area (Å²) in [7, 11) is -0.377. The second-order valence-corrected chi connectivity index (χ2v) is 7.90. The van der Waals surface area contributed by atoms with Crippen molar-refractivity contribution in [1.82, 2.24) is 5.32 Å². The van der Waals surface area contributed by atoms with Crippen molar-refractivity contribution in [3.05, 3.63) is 41.2 Å². The fourth-order valence-corrected chi connectivity index (χ4v) is 2.92. The number of hydrogen-bond donors (Lipinski definition) is 1. The Bertz CT molecular complexity index is 560. The van der Waals surface area contributed by atoms with Gasteiger partial charge in [-0.3, -0.25) is 0 Å². The maximum Gasteiger partial charge on any atom is 0.496 e. The Kier molecular flexibility index (Phi) is 7.78. The first-order chi connectivity index (χ1) is 12.4. The molecule has 0 aromatic carbocycles. The highest BCUT2D eigenvalue weighted by Crippen LogP contribution is 2.38. The van der Waals surface area contributed by atoms with E-state index in [4.69, 9.17) is 14.0 Å². The summed E-state index contributed by atoms with van der Waals surface area (Å²) in [5.41, 5.74) is 4.93. The van der Waals surface area contributed by atoms with E-state index in [0.717, 1.165) is 44.5 Å². The van der Waals surface area contributed by atoms with E-state index in [1.165, 1.54) is 12.0 Å². The van der Waals surface area contributed by atoms with Gasteiger partial charge in [-0.05, 0) is 78.7 Å². The van der Waals surface area contributed by atoms with Crippen LogP contribution in [0.15, 0.2) is 41.2 Å². The number of rotatable bonds is 6. The molecule has 2 aliphatic rings. The molecule has 5 heteroatoms. The van der Waals surface area contributed by atoms with Gasteiger partial charge >= 0.3 is 7.12 Å². The summed E-state index contributed by atoms with van der Waals surface area (Å²) in [5, 5.41) is 3.40. The van der Waals surface area contributed by atoms with E-state index in [-0.39, 0.29) is 18.3 Å². The van der Waals surface area contributed by atoms with Crippen LogP contribution in [0.3, 0.4) is 0 Å². The standard InChI is InChI=1S/C21H34BNO3/c1-6-7-12-19(22-25-20(2,3)21(4,5)26-22)17-23-14-8-10-18-11-9-15-24-16-13-18/h6,10,12,17,23H,8-9,11,13-16H2,1-5H3/b18-10-,19-17+. The van der Waals surface area contributed by atoms with Crippen molar-refractivity contribution in [3.63, 3.8) is 0 Å². The lowest BCUT2D eigenvalue weighted by Crippen LogP contribution is -2.41. The van der Waals surface area contributed by atoms with Gasteiger partial charge in [0.05, 0.1) is 17.8 Å². The van der Waals surface area contributed by atoms with Gasteiger partial charge in [-0.25, -0.2) is 0 Å². The topological polar surface area (TPSA) is 39.7 Å². The Labute approximate surface area is 159 Å². The normalized spacial score (nSPS) is 24.1. The van der Waals surface area contributed by atoms with Gasteiger partial charge in [0.25, 0.3) is 0 Å². The minimum absolute atomic E-state index is 0.341. The lowest BCUT2D eigenvalue weighted by atomic mass is 9.78. The fourth-order valence-electron chi connectivity index (χ4n) is 2.92. The Morgan fingerprint density at radius 1 is 1.15 bits per heavy atom. The van der Waals surface area contributed by atoms with Crippen LogP contribution < -0.4 is 5.32 Å². The van der Waals surface area contributed by atoms with Crippen LogP contribution in [0, 0.1) is 0 Å². The van der Waals surface area contributed by atoms with Crippen LogP contribution in [0.2, 0.25) is 0 Å². The van der Waals surface area contributed by atoms with E-state index in [9.17, 15) is 0 Å². The Morgan fingerprint density at radius 2 is 1.88 bits per heavy atom. The van der Waals surface area contributed by atoms with Crippen LogP contribution >= 0.6 is 0 Å². The lowest BCUT2D eigenvalue weighted by molar-refractivity contribution is 0.00578. The summed E-state index contributed by atoms with van der Waals surface area (Å²) in [6, 6.07) is 0. The number of allylic oxidation sites excluding steroid dienone is 2. The van der Waals surface area contributed by atoms with E-state index < -0.39 is 0 Å². The van der Waals surface area contributed by atoms with Crippen LogP contribution in [-0.4, -0.2) is 38.1 Å². The molecule has 2 aliphatic heterocycles. The molecule has 2 fully saturated rings. The fraction of sp³-hybridized carbons (Fsp3) is 0.667. The SMILES string of the molecule is CC=C=C/C(=C\NCC/C=C1/CCCOCC1)B1OC(C)(C)C(C)(C)O1. The molecule has 1 N–H and O–H groups in total. The van der Waals surface area contributed by atoms with E-state index in [1.54, 1.807) is 0 Å². The largest absolute Gasteiger partial charge is 0.496 e. The zero-order chi connectivity index (χ0) is 19.0. The molecule has 0 aromatic heterocycles. The molecule has 0 saturated carbocycles. The third-order valence-corrected chi connectivity index (χ3v) is 5.29. The smallest absolute Gasteiger partial charge is 0.399 e. The monoisotopic (exact) mass is 359 g/mol. The van der Waals surface area contributed by atoms with Crippen LogP contribution in [0.4, 0.5) is 0 Å². The predicted octanol–water partition coefficient (Wildman–Crippen LogP) is 4.34. The molecule has 144 valence electrons. The van der Waals surface area contributed by atoms with E-state index >= 15 is 0 Å². The molecule has 2 saturated heterocycles. The van der Waals surface area contributed by atoms with Crippen molar-refractivity contribution in [2.24, 2.45) is 0 Å². The Hall–Kier alpha value is -1.26. The second-order valence-electron chi connectivity index (χ2n) is 7.90. The summed E-state index contributed by atoms with van der Waals surface area (Å²) in [6.07, 6.45) is 12.5. The lowest BCUT2D eigenvalue weighted by Gasteiger charge is -2.32. The molecule has 0 amide bonds. The first-order valence-electron chi connectivity index (χ1n) is 9.77. The maximum absolute atomic E-state index is 6.15. The summed E-state index contributed by atoms with van der Waals surface area (Å²) in [5.74, 6) is 0. The third-order valence-electron chi connectivity index (χ3n) is 5.29. The van der Waals surface area contributed by atoms with Gasteiger partial charge in [0.15, 0.2) is 0 Å². The van der Waals surface area contributed by atoms with Crippen LogP contribution in [0.1, 0.15) is 60.3 Å². The minimum Gasteiger partial charge on any atom is -0.399 e. The van der Waals surface area contributed by atoms with Gasteiger partial charge in [-0.1, -0.05) is 11.6 Å². The molecule has 0 atom stereocenters. The van der Waals surface area contributed by atoms with Crippen molar-refractivity contribution < 1.29 is 14.0 Å². The van der Waals surface area contributed by atoms with E-state index in [0.29, 0.717) is 0 Å². The van der Waals surface area contributed by atoms with Gasteiger partial charge in [0, 0.05) is 18.6 Å². The molecule has 2 rings (SSSR count). The predicted molar refractivity (Wildman–Crippen MR) is 108 cm³/mol. The molecule has 0 bridgehead atoms. The highest BCUT2D eigenvalue weighted by Gasteiger charge is 2.52. The molecule has 0 radical (unpaired) electrons. The molecule has 2 heterocycles. The number of ether oxygens (including phenoxy) is 1. The minimum atomic E-state index is -0.377. The molecule has 4 nitrogen and oxygen atoms in total. The molecule has 0 aromatic rings. The first kappa shape index (κ1) is 21.0. The summed E-state index contributed by atoms with van der Waals surface area (Å²) in [4.78, 5) is 0. The highest BCUT2D eigenvalue weighted by atomic mass is 16.7. The molecular weight excluding hydrogens is 325 g/mol. The summed E-state index contributed by atoms with van der Waals surface area (Å²) in [6.45, 7) is 12.9. The maximum atomic E-state index is 6.15. The molecule has 0 aliphatic carbocycles. The molecular formula is C21H34BNO3. The van der Waals surface area contributed by atoms with Gasteiger partial charge in [0.2, 0.25) is 0 Å². The number of nitrogens with one attached hydrogen (secondary N) is 1. The van der Waals surface area contributed by atoms with Gasteiger partial charge in [0.1, 0.15) is 0 Å². The van der Waals surface area contributed by atoms with Crippen molar-refractivity contribution in [1.29, 1.82) is 0 Å². The quantitative estimate of drug-likeness (QED) is 0.252. The van der Waals surface area contributed by atoms with Crippen LogP contribution in [0.5, 0.6) is 0 Å². The van der Waals surface area contributed by atoms with Gasteiger partial charge < -0.3 is 19.4 Å². The van der Waals surface area contributed by atoms with Crippen molar-refractivity contribution in [2.75, 3.05) is 19.8 Å². The van der Waals surface area contributed by atoms with Crippen molar-refractivity contribution >= 4 is 7.12 Å². The highest BCUT2D eigenvalue weighted by molar-refractivity contribution is 6.55. The average Bonchev–Trinajstić information content (AvgIpc) is 2.76. The van der Waals surface area contributed by atoms with Crippen molar-refractivity contribution in [3.8, 4) is 0 Å². The summed E-state index contributed by atoms with van der Waals surface area (Å²) >= 11 is 0. The zero-order valence-electron chi connectivity index (χ0n) is 17.1. The molecule has 0 unspecified atom stereocenters. The van der Waals surface area contributed by atoms with E-state index in [2.05, 4.69) is 44.8 Å². The van der Waals surface area contributed by atoms with Gasteiger partial charge in [-0.15, -0.1) is 5.73 Å². The first-order valence-corrected chi connectivity index (χ1v) is 9.77. The van der Waals surface area contributed by atoms with Crippen LogP contribution in [0.25, 0.3) is 0 Å². The Morgan fingerprint density at radius 3 is 2.58 bits per heavy atom. The van der Waals surface area contributed by atoms with E-state index in [1.807, 2.05) is 25.3 Å². The summed E-state index contributed by atoms with van der Waals surface area (Å²) < 4.78 is 17.8. The average molecular weight is 359 g/mol. The molecule has 0 spiro atoms. The van der Waals surface area contributed by atoms with Crippen LogP contribution in [-0.2, 0) is 14.0 Å². The Balaban J connectivity index is 1.93. The zero-order valence-corrected chi connectivity index (χ0v) is 17.1. The van der Waals surface area contributed by atoms with Crippen molar-refractivity contribution in [2.45, 2.75) is 71.5 Å². The van der Waals surface area contributed by atoms with Gasteiger partial charge in [-0.2, -0.15) is 0 Å².